The minimum atomic E-state index is -0.666. The van der Waals surface area contributed by atoms with E-state index in [1.807, 2.05) is 0 Å². The van der Waals surface area contributed by atoms with E-state index >= 15 is 0 Å². The molecular formula is C7H13BO3. The lowest BCUT2D eigenvalue weighted by Gasteiger charge is -2.17. The topological polar surface area (TPSA) is 49.7 Å². The van der Waals surface area contributed by atoms with Gasteiger partial charge in [0.25, 0.3) is 0 Å². The average Bonchev–Trinajstić information content (AvgIpc) is 2.17. The summed E-state index contributed by atoms with van der Waals surface area (Å²) in [5, 5.41) is 18.6. The molecule has 1 saturated heterocycles. The molecule has 1 aliphatic rings. The summed E-state index contributed by atoms with van der Waals surface area (Å²) in [4.78, 5) is 0. The van der Waals surface area contributed by atoms with Gasteiger partial charge in [0.2, 0.25) is 0 Å². The summed E-state index contributed by atoms with van der Waals surface area (Å²) in [5.41, 5.74) is 0. The molecule has 0 bridgehead atoms. The summed E-state index contributed by atoms with van der Waals surface area (Å²) in [6, 6.07) is -0.454. The molecule has 1 aliphatic heterocycles. The molecule has 0 aromatic rings. The Hall–Kier alpha value is -0.0551. The van der Waals surface area contributed by atoms with Crippen molar-refractivity contribution >= 4 is 7.85 Å². The highest BCUT2D eigenvalue weighted by Gasteiger charge is 2.40. The van der Waals surface area contributed by atoms with Crippen molar-refractivity contribution in [1.82, 2.24) is 0 Å². The van der Waals surface area contributed by atoms with Crippen LogP contribution in [0.5, 0.6) is 0 Å². The van der Waals surface area contributed by atoms with Gasteiger partial charge in [-0.2, -0.15) is 0 Å². The zero-order valence-electron chi connectivity index (χ0n) is 6.77. The van der Waals surface area contributed by atoms with Crippen LogP contribution in [-0.4, -0.2) is 42.4 Å². The molecule has 2 radical (unpaired) electrons. The van der Waals surface area contributed by atoms with Crippen molar-refractivity contribution in [3.63, 3.8) is 0 Å². The normalized spacial score (nSPS) is 47.6. The second-order valence-corrected chi connectivity index (χ2v) is 3.16. The van der Waals surface area contributed by atoms with Crippen molar-refractivity contribution in [3.05, 3.63) is 0 Å². The molecule has 0 spiro atoms. The SMILES string of the molecule is [B][C@@H]1O[C@H](C(C)O)C(O)[C@@H]1C. The van der Waals surface area contributed by atoms with E-state index in [4.69, 9.17) is 17.7 Å². The first-order valence-corrected chi connectivity index (χ1v) is 3.81. The summed E-state index contributed by atoms with van der Waals surface area (Å²) >= 11 is 0. The third-order valence-electron chi connectivity index (χ3n) is 2.18. The summed E-state index contributed by atoms with van der Waals surface area (Å²) < 4.78 is 5.12. The van der Waals surface area contributed by atoms with Gasteiger partial charge in [-0.3, -0.25) is 0 Å². The lowest BCUT2D eigenvalue weighted by Crippen LogP contribution is -2.34. The predicted octanol–water partition coefficient (Wildman–Crippen LogP) is -0.742. The largest absolute Gasteiger partial charge is 0.391 e. The fraction of sp³-hybridized carbons (Fsp3) is 1.00. The molecule has 0 amide bonds. The van der Waals surface area contributed by atoms with Crippen LogP contribution in [0.3, 0.4) is 0 Å². The van der Waals surface area contributed by atoms with Crippen molar-refractivity contribution in [2.75, 3.05) is 0 Å². The third-order valence-corrected chi connectivity index (χ3v) is 2.18. The lowest BCUT2D eigenvalue weighted by atomic mass is 9.86. The third kappa shape index (κ3) is 1.58. The van der Waals surface area contributed by atoms with Gasteiger partial charge in [-0.15, -0.1) is 0 Å². The van der Waals surface area contributed by atoms with Crippen LogP contribution in [0.15, 0.2) is 0 Å². The molecule has 11 heavy (non-hydrogen) atoms. The summed E-state index contributed by atoms with van der Waals surface area (Å²) in [6.45, 7) is 3.39. The molecule has 5 atom stereocenters. The standard InChI is InChI=1S/C7H13BO3/c1-3-5(10)6(4(2)9)11-7(3)8/h3-7,9-10H,1-2H3/t3-,4?,5?,6+,7+/m0/s1. The molecule has 0 aromatic carbocycles. The van der Waals surface area contributed by atoms with Crippen LogP contribution < -0.4 is 0 Å². The van der Waals surface area contributed by atoms with Crippen LogP contribution in [0.2, 0.25) is 0 Å². The Morgan fingerprint density at radius 3 is 2.27 bits per heavy atom. The predicted molar refractivity (Wildman–Crippen MR) is 41.3 cm³/mol. The molecule has 2 N–H and O–H groups in total. The van der Waals surface area contributed by atoms with Gasteiger partial charge in [0.1, 0.15) is 14.0 Å². The van der Waals surface area contributed by atoms with E-state index in [-0.39, 0.29) is 5.92 Å². The maximum Gasteiger partial charge on any atom is 0.109 e. The highest BCUT2D eigenvalue weighted by Crippen LogP contribution is 2.26. The molecule has 3 nitrogen and oxygen atoms in total. The number of rotatable bonds is 1. The maximum absolute atomic E-state index is 9.43. The van der Waals surface area contributed by atoms with Crippen LogP contribution >= 0.6 is 0 Å². The summed E-state index contributed by atoms with van der Waals surface area (Å²) in [5.74, 6) is -0.102. The number of aliphatic hydroxyl groups is 2. The van der Waals surface area contributed by atoms with Gasteiger partial charge in [0.05, 0.1) is 12.2 Å². The van der Waals surface area contributed by atoms with E-state index in [0.29, 0.717) is 0 Å². The highest BCUT2D eigenvalue weighted by molar-refractivity contribution is 6.11. The van der Waals surface area contributed by atoms with E-state index in [0.717, 1.165) is 0 Å². The van der Waals surface area contributed by atoms with E-state index in [1.165, 1.54) is 0 Å². The molecule has 2 unspecified atom stereocenters. The molecule has 62 valence electrons. The quantitative estimate of drug-likeness (QED) is 0.491. The van der Waals surface area contributed by atoms with E-state index < -0.39 is 24.3 Å². The second kappa shape index (κ2) is 3.13. The molecule has 0 aliphatic carbocycles. The number of hydrogen-bond acceptors (Lipinski definition) is 3. The molecule has 4 heteroatoms. The Balaban J connectivity index is 2.59. The van der Waals surface area contributed by atoms with Crippen molar-refractivity contribution in [2.24, 2.45) is 5.92 Å². The highest BCUT2D eigenvalue weighted by atomic mass is 16.5. The van der Waals surface area contributed by atoms with Crippen molar-refractivity contribution in [2.45, 2.75) is 38.2 Å². The Kier molecular flexibility index (Phi) is 2.57. The Bertz CT molecular complexity index is 140. The van der Waals surface area contributed by atoms with E-state index in [9.17, 15) is 5.11 Å². The Morgan fingerprint density at radius 1 is 1.55 bits per heavy atom. The van der Waals surface area contributed by atoms with E-state index in [2.05, 4.69) is 0 Å². The van der Waals surface area contributed by atoms with Crippen molar-refractivity contribution < 1.29 is 14.9 Å². The van der Waals surface area contributed by atoms with Crippen LogP contribution in [0.25, 0.3) is 0 Å². The van der Waals surface area contributed by atoms with Crippen LogP contribution in [0.4, 0.5) is 0 Å². The Labute approximate surface area is 67.8 Å². The fourth-order valence-corrected chi connectivity index (χ4v) is 1.28. The minimum absolute atomic E-state index is 0.102. The van der Waals surface area contributed by atoms with Crippen LogP contribution in [-0.2, 0) is 4.74 Å². The lowest BCUT2D eigenvalue weighted by molar-refractivity contribution is -0.0446. The number of aliphatic hydroxyl groups excluding tert-OH is 2. The zero-order valence-corrected chi connectivity index (χ0v) is 6.77. The summed E-state index contributed by atoms with van der Waals surface area (Å²) in [6.07, 6.45) is -1.84. The van der Waals surface area contributed by atoms with Gasteiger partial charge in [0, 0.05) is 11.9 Å². The smallest absolute Gasteiger partial charge is 0.109 e. The molecule has 1 rings (SSSR count). The van der Waals surface area contributed by atoms with Gasteiger partial charge >= 0.3 is 0 Å². The second-order valence-electron chi connectivity index (χ2n) is 3.16. The first-order chi connectivity index (χ1) is 5.04. The molecule has 0 saturated carbocycles. The summed E-state index contributed by atoms with van der Waals surface area (Å²) in [7, 11) is 5.50. The maximum atomic E-state index is 9.43. The fourth-order valence-electron chi connectivity index (χ4n) is 1.28. The van der Waals surface area contributed by atoms with Crippen molar-refractivity contribution in [3.8, 4) is 0 Å². The molecule has 0 aromatic heterocycles. The number of hydrogen-bond donors (Lipinski definition) is 2. The van der Waals surface area contributed by atoms with Gasteiger partial charge in [-0.1, -0.05) is 6.92 Å². The zero-order chi connectivity index (χ0) is 8.59. The molecule has 1 fully saturated rings. The molecular weight excluding hydrogens is 143 g/mol. The minimum Gasteiger partial charge on any atom is -0.391 e. The van der Waals surface area contributed by atoms with Gasteiger partial charge in [-0.25, -0.2) is 0 Å². The first kappa shape index (κ1) is 9.04. The first-order valence-electron chi connectivity index (χ1n) is 3.81. The van der Waals surface area contributed by atoms with Crippen molar-refractivity contribution in [1.29, 1.82) is 0 Å². The number of ether oxygens (including phenoxy) is 1. The molecule has 1 heterocycles. The van der Waals surface area contributed by atoms with Gasteiger partial charge in [0.15, 0.2) is 0 Å². The van der Waals surface area contributed by atoms with Crippen LogP contribution in [0, 0.1) is 5.92 Å². The van der Waals surface area contributed by atoms with Crippen LogP contribution in [0.1, 0.15) is 13.8 Å². The average molecular weight is 156 g/mol. The van der Waals surface area contributed by atoms with Gasteiger partial charge < -0.3 is 14.9 Å². The van der Waals surface area contributed by atoms with E-state index in [1.54, 1.807) is 13.8 Å². The Morgan fingerprint density at radius 2 is 2.09 bits per heavy atom. The monoisotopic (exact) mass is 156 g/mol. The van der Waals surface area contributed by atoms with Gasteiger partial charge in [-0.05, 0) is 6.92 Å².